The summed E-state index contributed by atoms with van der Waals surface area (Å²) in [5.41, 5.74) is 1.83. The molecule has 0 spiro atoms. The molecule has 3 nitrogen and oxygen atoms in total. The molecule has 1 saturated carbocycles. The van der Waals surface area contributed by atoms with E-state index in [4.69, 9.17) is 4.42 Å². The van der Waals surface area contributed by atoms with Gasteiger partial charge in [-0.3, -0.25) is 4.79 Å². The molecule has 1 heterocycles. The Morgan fingerprint density at radius 2 is 2.00 bits per heavy atom. The van der Waals surface area contributed by atoms with Crippen molar-refractivity contribution >= 4 is 16.9 Å². The minimum Gasteiger partial charge on any atom is -0.464 e. The van der Waals surface area contributed by atoms with Crippen molar-refractivity contribution in [3.05, 3.63) is 36.1 Å². The Bertz CT molecular complexity index is 567. The third-order valence-electron chi connectivity index (χ3n) is 3.88. The first-order valence-corrected chi connectivity index (χ1v) is 7.07. The van der Waals surface area contributed by atoms with Gasteiger partial charge in [0.25, 0.3) is 0 Å². The number of hydrogen-bond donors (Lipinski definition) is 1. The molecule has 3 rings (SSSR count). The highest BCUT2D eigenvalue weighted by Gasteiger charge is 2.17. The lowest BCUT2D eigenvalue weighted by Gasteiger charge is -2.22. The van der Waals surface area contributed by atoms with Crippen LogP contribution in [0.1, 0.15) is 37.7 Å². The Kier molecular flexibility index (Phi) is 3.53. The number of amides is 1. The summed E-state index contributed by atoms with van der Waals surface area (Å²) in [4.78, 5) is 12.1. The molecule has 0 aliphatic heterocycles. The lowest BCUT2D eigenvalue weighted by Crippen LogP contribution is -2.37. The molecule has 1 N–H and O–H groups in total. The fourth-order valence-corrected chi connectivity index (χ4v) is 2.87. The van der Waals surface area contributed by atoms with Gasteiger partial charge < -0.3 is 9.73 Å². The van der Waals surface area contributed by atoms with Crippen LogP contribution in [0.2, 0.25) is 0 Å². The number of hydrogen-bond acceptors (Lipinski definition) is 2. The lowest BCUT2D eigenvalue weighted by atomic mass is 9.95. The van der Waals surface area contributed by atoms with E-state index in [-0.39, 0.29) is 5.91 Å². The zero-order valence-electron chi connectivity index (χ0n) is 11.0. The first-order valence-electron chi connectivity index (χ1n) is 7.07. The minimum atomic E-state index is 0.110. The van der Waals surface area contributed by atoms with Gasteiger partial charge in [0.15, 0.2) is 0 Å². The highest BCUT2D eigenvalue weighted by atomic mass is 16.3. The summed E-state index contributed by atoms with van der Waals surface area (Å²) in [6.07, 6.45) is 8.13. The van der Waals surface area contributed by atoms with Crippen molar-refractivity contribution in [2.24, 2.45) is 0 Å². The molecule has 1 fully saturated rings. The van der Waals surface area contributed by atoms with Crippen LogP contribution in [0.4, 0.5) is 0 Å². The summed E-state index contributed by atoms with van der Waals surface area (Å²) >= 11 is 0. The summed E-state index contributed by atoms with van der Waals surface area (Å²) in [6, 6.07) is 8.22. The first kappa shape index (κ1) is 12.3. The summed E-state index contributed by atoms with van der Waals surface area (Å²) < 4.78 is 5.46. The van der Waals surface area contributed by atoms with Crippen LogP contribution in [0.3, 0.4) is 0 Å². The minimum absolute atomic E-state index is 0.110. The van der Waals surface area contributed by atoms with E-state index in [0.29, 0.717) is 12.5 Å². The number of fused-ring (bicyclic) bond motifs is 1. The van der Waals surface area contributed by atoms with Gasteiger partial charge in [-0.15, -0.1) is 0 Å². The zero-order chi connectivity index (χ0) is 13.1. The van der Waals surface area contributed by atoms with Crippen molar-refractivity contribution in [3.63, 3.8) is 0 Å². The summed E-state index contributed by atoms with van der Waals surface area (Å²) in [6.45, 7) is 0. The molecular formula is C16H19NO2. The Morgan fingerprint density at radius 1 is 1.21 bits per heavy atom. The Morgan fingerprint density at radius 3 is 2.84 bits per heavy atom. The number of carbonyl (C=O) groups excluding carboxylic acids is 1. The van der Waals surface area contributed by atoms with E-state index in [0.717, 1.165) is 29.4 Å². The standard InChI is InChI=1S/C16H19NO2/c18-16(17-13-6-2-1-3-7-13)10-12-11-19-15-9-5-4-8-14(12)15/h4-5,8-9,11,13H,1-3,6-7,10H2,(H,17,18). The Labute approximate surface area is 113 Å². The maximum Gasteiger partial charge on any atom is 0.224 e. The van der Waals surface area contributed by atoms with Crippen molar-refractivity contribution in [3.8, 4) is 0 Å². The molecule has 0 radical (unpaired) electrons. The van der Waals surface area contributed by atoms with Gasteiger partial charge >= 0.3 is 0 Å². The number of nitrogens with one attached hydrogen (secondary N) is 1. The number of para-hydroxylation sites is 1. The monoisotopic (exact) mass is 257 g/mol. The van der Waals surface area contributed by atoms with Crippen LogP contribution >= 0.6 is 0 Å². The molecule has 0 unspecified atom stereocenters. The number of furan rings is 1. The number of benzene rings is 1. The fraction of sp³-hybridized carbons (Fsp3) is 0.438. The maximum atomic E-state index is 12.1. The SMILES string of the molecule is O=C(Cc1coc2ccccc12)NC1CCCCC1. The van der Waals surface area contributed by atoms with Crippen molar-refractivity contribution in [2.45, 2.75) is 44.6 Å². The summed E-state index contributed by atoms with van der Waals surface area (Å²) in [5, 5.41) is 4.18. The van der Waals surface area contributed by atoms with Gasteiger partial charge in [-0.1, -0.05) is 37.5 Å². The maximum absolute atomic E-state index is 12.1. The molecule has 2 aromatic rings. The van der Waals surface area contributed by atoms with Gasteiger partial charge in [0.2, 0.25) is 5.91 Å². The Hall–Kier alpha value is -1.77. The normalized spacial score (nSPS) is 16.6. The topological polar surface area (TPSA) is 42.2 Å². The molecule has 100 valence electrons. The number of carbonyl (C=O) groups is 1. The van der Waals surface area contributed by atoms with E-state index in [2.05, 4.69) is 5.32 Å². The molecule has 0 bridgehead atoms. The van der Waals surface area contributed by atoms with Gasteiger partial charge in [-0.25, -0.2) is 0 Å². The highest BCUT2D eigenvalue weighted by molar-refractivity contribution is 5.87. The molecule has 3 heteroatoms. The van der Waals surface area contributed by atoms with Crippen LogP contribution in [-0.4, -0.2) is 11.9 Å². The molecule has 0 atom stereocenters. The number of rotatable bonds is 3. The van der Waals surface area contributed by atoms with E-state index in [1.165, 1.54) is 19.3 Å². The van der Waals surface area contributed by atoms with Gasteiger partial charge in [-0.05, 0) is 18.9 Å². The van der Waals surface area contributed by atoms with Crippen molar-refractivity contribution in [1.29, 1.82) is 0 Å². The van der Waals surface area contributed by atoms with Crippen LogP contribution in [0.25, 0.3) is 11.0 Å². The summed E-state index contributed by atoms with van der Waals surface area (Å²) in [5.74, 6) is 0.110. The van der Waals surface area contributed by atoms with Gasteiger partial charge in [0, 0.05) is 17.0 Å². The molecule has 19 heavy (non-hydrogen) atoms. The van der Waals surface area contributed by atoms with Gasteiger partial charge in [-0.2, -0.15) is 0 Å². The summed E-state index contributed by atoms with van der Waals surface area (Å²) in [7, 11) is 0. The van der Waals surface area contributed by atoms with E-state index >= 15 is 0 Å². The Balaban J connectivity index is 1.65. The smallest absolute Gasteiger partial charge is 0.224 e. The molecule has 1 aromatic carbocycles. The van der Waals surface area contributed by atoms with Crippen molar-refractivity contribution in [2.75, 3.05) is 0 Å². The van der Waals surface area contributed by atoms with Gasteiger partial charge in [0.05, 0.1) is 12.7 Å². The lowest BCUT2D eigenvalue weighted by molar-refractivity contribution is -0.121. The van der Waals surface area contributed by atoms with Crippen LogP contribution < -0.4 is 5.32 Å². The van der Waals surface area contributed by atoms with Crippen LogP contribution in [0.15, 0.2) is 34.9 Å². The van der Waals surface area contributed by atoms with E-state index in [1.807, 2.05) is 24.3 Å². The van der Waals surface area contributed by atoms with E-state index in [1.54, 1.807) is 6.26 Å². The van der Waals surface area contributed by atoms with Crippen molar-refractivity contribution < 1.29 is 9.21 Å². The second kappa shape index (κ2) is 5.47. The largest absolute Gasteiger partial charge is 0.464 e. The molecular weight excluding hydrogens is 238 g/mol. The third-order valence-corrected chi connectivity index (χ3v) is 3.88. The predicted molar refractivity (Wildman–Crippen MR) is 74.9 cm³/mol. The van der Waals surface area contributed by atoms with Crippen LogP contribution in [0.5, 0.6) is 0 Å². The molecule has 1 amide bonds. The average Bonchev–Trinajstić information content (AvgIpc) is 2.83. The average molecular weight is 257 g/mol. The van der Waals surface area contributed by atoms with E-state index in [9.17, 15) is 4.79 Å². The third kappa shape index (κ3) is 2.80. The molecule has 1 aliphatic carbocycles. The van der Waals surface area contributed by atoms with Gasteiger partial charge in [0.1, 0.15) is 5.58 Å². The highest BCUT2D eigenvalue weighted by Crippen LogP contribution is 2.22. The van der Waals surface area contributed by atoms with E-state index < -0.39 is 0 Å². The van der Waals surface area contributed by atoms with Crippen LogP contribution in [0, 0.1) is 0 Å². The fourth-order valence-electron chi connectivity index (χ4n) is 2.87. The quantitative estimate of drug-likeness (QED) is 0.915. The molecule has 1 aromatic heterocycles. The zero-order valence-corrected chi connectivity index (χ0v) is 11.0. The molecule has 1 aliphatic rings. The second-order valence-electron chi connectivity index (χ2n) is 5.34. The van der Waals surface area contributed by atoms with Crippen molar-refractivity contribution in [1.82, 2.24) is 5.32 Å². The first-order chi connectivity index (χ1) is 9.33. The molecule has 0 saturated heterocycles. The predicted octanol–water partition coefficient (Wildman–Crippen LogP) is 3.42. The van der Waals surface area contributed by atoms with Crippen LogP contribution in [-0.2, 0) is 11.2 Å². The second-order valence-corrected chi connectivity index (χ2v) is 5.34.